The molecule has 1 aliphatic heterocycles. The topological polar surface area (TPSA) is 44.5 Å². The Labute approximate surface area is 146 Å². The monoisotopic (exact) mass is 327 g/mol. The van der Waals surface area contributed by atoms with Gasteiger partial charge in [0.2, 0.25) is 0 Å². The first-order valence-electron chi connectivity index (χ1n) is 9.37. The number of nitrogens with two attached hydrogens (primary N) is 1. The molecule has 0 amide bonds. The van der Waals surface area contributed by atoms with Gasteiger partial charge in [-0.25, -0.2) is 0 Å². The summed E-state index contributed by atoms with van der Waals surface area (Å²) in [6.45, 7) is 11.3. The smallest absolute Gasteiger partial charge is 0.404 e. The zero-order chi connectivity index (χ0) is 17.3. The summed E-state index contributed by atoms with van der Waals surface area (Å²) in [7, 11) is -0.282. The van der Waals surface area contributed by atoms with E-state index in [0.717, 1.165) is 18.8 Å². The molecule has 0 aromatic heterocycles. The van der Waals surface area contributed by atoms with E-state index in [9.17, 15) is 0 Å². The quantitative estimate of drug-likeness (QED) is 0.865. The Hall–Kier alpha value is -0.835. The summed E-state index contributed by atoms with van der Waals surface area (Å²) in [5.74, 6) is 1.25. The third-order valence-corrected chi connectivity index (χ3v) is 7.27. The number of aryl methyl sites for hydroxylation is 2. The normalized spacial score (nSPS) is 37.8. The molecule has 1 heterocycles. The minimum Gasteiger partial charge on any atom is -0.404 e. The van der Waals surface area contributed by atoms with Crippen LogP contribution in [0.15, 0.2) is 18.2 Å². The van der Waals surface area contributed by atoms with Crippen molar-refractivity contribution in [3.05, 3.63) is 34.9 Å². The van der Waals surface area contributed by atoms with Crippen LogP contribution in [0.4, 0.5) is 0 Å². The van der Waals surface area contributed by atoms with Gasteiger partial charge in [0.1, 0.15) is 0 Å². The molecular formula is C20H30BNO2. The highest BCUT2D eigenvalue weighted by Gasteiger charge is 2.68. The standard InChI is InChI=1S/C20H30BNO2/c1-12-6-7-14(13(2)8-12)9-18(22)21-23-17-11-15-10-16(19(15,3)4)20(17,5)24-21/h6-8,15-18H,9-11,22H2,1-5H3/t15-,16-,17+,18-,20-/m0/s1. The van der Waals surface area contributed by atoms with Crippen LogP contribution in [0.3, 0.4) is 0 Å². The van der Waals surface area contributed by atoms with E-state index in [1.807, 2.05) is 0 Å². The van der Waals surface area contributed by atoms with Crippen LogP contribution < -0.4 is 5.73 Å². The zero-order valence-corrected chi connectivity index (χ0v) is 15.6. The van der Waals surface area contributed by atoms with Crippen molar-refractivity contribution >= 4 is 7.12 Å². The van der Waals surface area contributed by atoms with Gasteiger partial charge in [0.15, 0.2) is 0 Å². The van der Waals surface area contributed by atoms with Crippen molar-refractivity contribution in [2.24, 2.45) is 23.0 Å². The Balaban J connectivity index is 1.48. The first-order chi connectivity index (χ1) is 11.2. The van der Waals surface area contributed by atoms with Gasteiger partial charge in [-0.05, 0) is 68.4 Å². The molecule has 4 fully saturated rings. The van der Waals surface area contributed by atoms with Gasteiger partial charge in [-0.1, -0.05) is 37.6 Å². The predicted octanol–water partition coefficient (Wildman–Crippen LogP) is 3.44. The van der Waals surface area contributed by atoms with Crippen LogP contribution in [0, 0.1) is 31.1 Å². The molecule has 0 unspecified atom stereocenters. The molecule has 3 nitrogen and oxygen atoms in total. The van der Waals surface area contributed by atoms with E-state index in [-0.39, 0.29) is 24.8 Å². The van der Waals surface area contributed by atoms with E-state index in [4.69, 9.17) is 15.0 Å². The summed E-state index contributed by atoms with van der Waals surface area (Å²) < 4.78 is 12.8. The van der Waals surface area contributed by atoms with Gasteiger partial charge in [-0.3, -0.25) is 0 Å². The molecule has 130 valence electrons. The van der Waals surface area contributed by atoms with Crippen molar-refractivity contribution < 1.29 is 9.31 Å². The first-order valence-corrected chi connectivity index (χ1v) is 9.37. The minimum absolute atomic E-state index is 0.117. The van der Waals surface area contributed by atoms with Crippen LogP contribution in [0.2, 0.25) is 0 Å². The molecule has 4 aliphatic rings. The Kier molecular flexibility index (Phi) is 3.69. The van der Waals surface area contributed by atoms with Crippen LogP contribution in [0.25, 0.3) is 0 Å². The molecule has 0 radical (unpaired) electrons. The van der Waals surface area contributed by atoms with E-state index >= 15 is 0 Å². The first kappa shape index (κ1) is 16.6. The molecular weight excluding hydrogens is 297 g/mol. The number of hydrogen-bond donors (Lipinski definition) is 1. The van der Waals surface area contributed by atoms with Gasteiger partial charge in [-0.15, -0.1) is 0 Å². The molecule has 5 rings (SSSR count). The number of rotatable bonds is 3. The lowest BCUT2D eigenvalue weighted by Gasteiger charge is -2.64. The van der Waals surface area contributed by atoms with Crippen molar-refractivity contribution in [2.45, 2.75) is 71.5 Å². The molecule has 1 saturated heterocycles. The predicted molar refractivity (Wildman–Crippen MR) is 97.7 cm³/mol. The maximum Gasteiger partial charge on any atom is 0.475 e. The molecule has 1 aromatic carbocycles. The maximum absolute atomic E-state index is 6.51. The number of benzene rings is 1. The van der Waals surface area contributed by atoms with Crippen molar-refractivity contribution in [1.29, 1.82) is 0 Å². The molecule has 3 saturated carbocycles. The van der Waals surface area contributed by atoms with E-state index < -0.39 is 0 Å². The SMILES string of the molecule is Cc1ccc(C[C@H](N)B2O[C@@H]3C[C@@H]4C[C@@H](C4(C)C)[C@]3(C)O2)c(C)c1. The molecule has 1 aromatic rings. The van der Waals surface area contributed by atoms with E-state index in [2.05, 4.69) is 52.8 Å². The molecule has 5 atom stereocenters. The lowest BCUT2D eigenvalue weighted by atomic mass is 9.43. The van der Waals surface area contributed by atoms with Crippen molar-refractivity contribution in [3.8, 4) is 0 Å². The Morgan fingerprint density at radius 3 is 2.67 bits per heavy atom. The molecule has 2 N–H and O–H groups in total. The summed E-state index contributed by atoms with van der Waals surface area (Å²) in [5.41, 5.74) is 10.6. The average Bonchev–Trinajstić information content (AvgIpc) is 2.86. The fraction of sp³-hybridized carbons (Fsp3) is 0.700. The summed E-state index contributed by atoms with van der Waals surface area (Å²) in [5, 5.41) is 0. The lowest BCUT2D eigenvalue weighted by molar-refractivity contribution is -0.199. The Morgan fingerprint density at radius 1 is 1.25 bits per heavy atom. The summed E-state index contributed by atoms with van der Waals surface area (Å²) in [4.78, 5) is 0. The van der Waals surface area contributed by atoms with Crippen LogP contribution in [-0.4, -0.2) is 24.8 Å². The van der Waals surface area contributed by atoms with E-state index in [0.29, 0.717) is 11.3 Å². The Morgan fingerprint density at radius 2 is 2.00 bits per heavy atom. The van der Waals surface area contributed by atoms with Gasteiger partial charge in [0.25, 0.3) is 0 Å². The number of hydrogen-bond acceptors (Lipinski definition) is 3. The third-order valence-electron chi connectivity index (χ3n) is 7.27. The summed E-state index contributed by atoms with van der Waals surface area (Å²) in [6.07, 6.45) is 3.41. The third kappa shape index (κ3) is 2.30. The second-order valence-electron chi connectivity index (χ2n) is 9.14. The highest BCUT2D eigenvalue weighted by Crippen LogP contribution is 2.65. The molecule has 0 spiro atoms. The second-order valence-corrected chi connectivity index (χ2v) is 9.14. The Bertz CT molecular complexity index is 661. The van der Waals surface area contributed by atoms with Crippen LogP contribution >= 0.6 is 0 Å². The lowest BCUT2D eigenvalue weighted by Crippen LogP contribution is -2.65. The van der Waals surface area contributed by atoms with E-state index in [1.54, 1.807) is 0 Å². The van der Waals surface area contributed by atoms with Gasteiger partial charge in [0.05, 0.1) is 11.7 Å². The van der Waals surface area contributed by atoms with Gasteiger partial charge < -0.3 is 15.0 Å². The summed E-state index contributed by atoms with van der Waals surface area (Å²) >= 11 is 0. The summed E-state index contributed by atoms with van der Waals surface area (Å²) in [6, 6.07) is 6.56. The molecule has 4 heteroatoms. The largest absolute Gasteiger partial charge is 0.475 e. The molecule has 24 heavy (non-hydrogen) atoms. The van der Waals surface area contributed by atoms with Gasteiger partial charge in [-0.2, -0.15) is 0 Å². The van der Waals surface area contributed by atoms with Crippen LogP contribution in [0.5, 0.6) is 0 Å². The van der Waals surface area contributed by atoms with Crippen molar-refractivity contribution in [1.82, 2.24) is 0 Å². The highest BCUT2D eigenvalue weighted by atomic mass is 16.7. The van der Waals surface area contributed by atoms with Crippen LogP contribution in [0.1, 0.15) is 50.3 Å². The fourth-order valence-electron chi connectivity index (χ4n) is 5.51. The van der Waals surface area contributed by atoms with Crippen molar-refractivity contribution in [3.63, 3.8) is 0 Å². The van der Waals surface area contributed by atoms with Crippen LogP contribution in [-0.2, 0) is 15.7 Å². The van der Waals surface area contributed by atoms with Gasteiger partial charge >= 0.3 is 7.12 Å². The average molecular weight is 327 g/mol. The van der Waals surface area contributed by atoms with E-state index in [1.165, 1.54) is 23.1 Å². The molecule has 2 bridgehead atoms. The van der Waals surface area contributed by atoms with Crippen molar-refractivity contribution in [2.75, 3.05) is 0 Å². The second kappa shape index (κ2) is 5.33. The fourth-order valence-corrected chi connectivity index (χ4v) is 5.51. The minimum atomic E-state index is -0.282. The van der Waals surface area contributed by atoms with Gasteiger partial charge in [0, 0.05) is 5.94 Å². The highest BCUT2D eigenvalue weighted by molar-refractivity contribution is 6.47. The molecule has 3 aliphatic carbocycles. The maximum atomic E-state index is 6.51. The zero-order valence-electron chi connectivity index (χ0n) is 15.6.